The number of nitrogens with zero attached hydrogens (tertiary/aromatic N) is 1. The van der Waals surface area contributed by atoms with Crippen molar-refractivity contribution in [3.63, 3.8) is 0 Å². The quantitative estimate of drug-likeness (QED) is 0.454. The summed E-state index contributed by atoms with van der Waals surface area (Å²) in [6.07, 6.45) is 2.09. The van der Waals surface area contributed by atoms with E-state index in [4.69, 9.17) is 23.2 Å². The van der Waals surface area contributed by atoms with Crippen molar-refractivity contribution >= 4 is 51.8 Å². The van der Waals surface area contributed by atoms with E-state index in [1.165, 1.54) is 0 Å². The van der Waals surface area contributed by atoms with E-state index in [2.05, 4.69) is 27.0 Å². The maximum absolute atomic E-state index is 13.1. The lowest BCUT2D eigenvalue weighted by Gasteiger charge is -2.28. The molecule has 1 saturated heterocycles. The Kier molecular flexibility index (Phi) is 8.11. The van der Waals surface area contributed by atoms with Gasteiger partial charge in [-0.2, -0.15) is 5.26 Å². The van der Waals surface area contributed by atoms with E-state index in [1.807, 2.05) is 20.8 Å². The zero-order valence-corrected chi connectivity index (χ0v) is 20.9. The van der Waals surface area contributed by atoms with Crippen LogP contribution in [-0.4, -0.2) is 41.3 Å². The number of aromatic nitrogens is 1. The number of hydrogen-bond acceptors (Lipinski definition) is 4. The van der Waals surface area contributed by atoms with Gasteiger partial charge in [-0.05, 0) is 49.3 Å². The molecule has 3 amide bonds. The fraction of sp³-hybridized carbons (Fsp3) is 0.500. The van der Waals surface area contributed by atoms with Gasteiger partial charge in [0.1, 0.15) is 17.8 Å². The number of rotatable bonds is 7. The molecule has 1 aromatic carbocycles. The molecule has 4 N–H and O–H groups in total. The van der Waals surface area contributed by atoms with Crippen molar-refractivity contribution in [2.24, 2.45) is 11.3 Å². The number of halogens is 2. The van der Waals surface area contributed by atoms with Gasteiger partial charge in [0.2, 0.25) is 11.8 Å². The van der Waals surface area contributed by atoms with Crippen molar-refractivity contribution < 1.29 is 14.4 Å². The first-order valence-electron chi connectivity index (χ1n) is 11.2. The van der Waals surface area contributed by atoms with E-state index in [0.29, 0.717) is 40.3 Å². The van der Waals surface area contributed by atoms with E-state index in [9.17, 15) is 19.6 Å². The van der Waals surface area contributed by atoms with Gasteiger partial charge in [-0.15, -0.1) is 0 Å². The first-order chi connectivity index (χ1) is 16.0. The Bertz CT molecular complexity index is 1130. The molecule has 3 atom stereocenters. The van der Waals surface area contributed by atoms with Gasteiger partial charge in [0.05, 0.1) is 11.1 Å². The van der Waals surface area contributed by atoms with Crippen molar-refractivity contribution in [1.29, 1.82) is 5.26 Å². The van der Waals surface area contributed by atoms with Crippen molar-refractivity contribution in [2.75, 3.05) is 6.54 Å². The van der Waals surface area contributed by atoms with E-state index in [0.717, 1.165) is 6.42 Å². The summed E-state index contributed by atoms with van der Waals surface area (Å²) >= 11 is 12.3. The maximum atomic E-state index is 13.1. The van der Waals surface area contributed by atoms with Crippen LogP contribution in [0.1, 0.15) is 56.9 Å². The molecule has 0 aliphatic carbocycles. The number of hydrogen-bond donors (Lipinski definition) is 4. The molecule has 3 rings (SSSR count). The fourth-order valence-corrected chi connectivity index (χ4v) is 4.65. The summed E-state index contributed by atoms with van der Waals surface area (Å²) in [5.41, 5.74) is 0.564. The average molecular weight is 506 g/mol. The Morgan fingerprint density at radius 1 is 1.24 bits per heavy atom. The van der Waals surface area contributed by atoms with Crippen LogP contribution in [0.15, 0.2) is 18.2 Å². The Balaban J connectivity index is 1.74. The number of fused-ring (bicyclic) bond motifs is 1. The monoisotopic (exact) mass is 505 g/mol. The zero-order chi connectivity index (χ0) is 25.0. The smallest absolute Gasteiger partial charge is 0.268 e. The number of nitrogens with one attached hydrogen (secondary N) is 4. The first kappa shape index (κ1) is 25.9. The Morgan fingerprint density at radius 3 is 2.62 bits per heavy atom. The lowest BCUT2D eigenvalue weighted by atomic mass is 9.87. The molecule has 0 bridgehead atoms. The number of piperidine rings is 1. The fourth-order valence-electron chi connectivity index (χ4n) is 4.10. The van der Waals surface area contributed by atoms with Gasteiger partial charge in [0.15, 0.2) is 0 Å². The van der Waals surface area contributed by atoms with Gasteiger partial charge < -0.3 is 20.9 Å². The summed E-state index contributed by atoms with van der Waals surface area (Å²) in [6.45, 7) is 6.50. The highest BCUT2D eigenvalue weighted by Crippen LogP contribution is 2.29. The third-order valence-electron chi connectivity index (χ3n) is 5.73. The largest absolute Gasteiger partial charge is 0.356 e. The normalized spacial score (nSPS) is 18.0. The number of carbonyl (C=O) groups is 3. The van der Waals surface area contributed by atoms with Crippen molar-refractivity contribution in [3.8, 4) is 6.07 Å². The summed E-state index contributed by atoms with van der Waals surface area (Å²) in [7, 11) is 0. The van der Waals surface area contributed by atoms with Gasteiger partial charge in [-0.3, -0.25) is 14.4 Å². The van der Waals surface area contributed by atoms with E-state index >= 15 is 0 Å². The van der Waals surface area contributed by atoms with Crippen LogP contribution in [0.25, 0.3) is 10.9 Å². The second-order valence-corrected chi connectivity index (χ2v) is 10.7. The molecule has 3 unspecified atom stereocenters. The molecular formula is C24H29Cl2N5O3. The van der Waals surface area contributed by atoms with Gasteiger partial charge in [0.25, 0.3) is 5.91 Å². The van der Waals surface area contributed by atoms with Gasteiger partial charge in [-0.1, -0.05) is 44.0 Å². The zero-order valence-electron chi connectivity index (χ0n) is 19.4. The standard InChI is InChI=1S/C24H29Cl2N5O3/c1-24(2,3)11-20(23(34)29-15(12-27)7-13-5-4-6-28-21(13)32)31-22(33)19-10-16-17(26)8-14(25)9-18(16)30-19/h8-10,13,15,20,30H,4-7,11H2,1-3H3,(H,28,32)(H,29,34)(H,31,33). The third kappa shape index (κ3) is 6.64. The van der Waals surface area contributed by atoms with Gasteiger partial charge in [0, 0.05) is 28.4 Å². The molecule has 34 heavy (non-hydrogen) atoms. The minimum absolute atomic E-state index is 0.0992. The van der Waals surface area contributed by atoms with E-state index < -0.39 is 23.9 Å². The van der Waals surface area contributed by atoms with Crippen molar-refractivity contribution in [2.45, 2.75) is 58.5 Å². The molecule has 182 valence electrons. The van der Waals surface area contributed by atoms with Gasteiger partial charge >= 0.3 is 0 Å². The molecule has 1 fully saturated rings. The van der Waals surface area contributed by atoms with Crippen molar-refractivity contribution in [1.82, 2.24) is 20.9 Å². The molecule has 10 heteroatoms. The lowest BCUT2D eigenvalue weighted by Crippen LogP contribution is -2.51. The van der Waals surface area contributed by atoms with Crippen molar-refractivity contribution in [3.05, 3.63) is 33.9 Å². The van der Waals surface area contributed by atoms with Gasteiger partial charge in [-0.25, -0.2) is 0 Å². The van der Waals surface area contributed by atoms with Crippen LogP contribution in [-0.2, 0) is 9.59 Å². The predicted molar refractivity (Wildman–Crippen MR) is 132 cm³/mol. The third-order valence-corrected chi connectivity index (χ3v) is 6.26. The molecule has 2 heterocycles. The molecular weight excluding hydrogens is 477 g/mol. The number of aromatic amines is 1. The Labute approximate surface area is 208 Å². The minimum Gasteiger partial charge on any atom is -0.356 e. The van der Waals surface area contributed by atoms with Crippen LogP contribution in [0.4, 0.5) is 0 Å². The highest BCUT2D eigenvalue weighted by atomic mass is 35.5. The first-order valence-corrected chi connectivity index (χ1v) is 12.0. The predicted octanol–water partition coefficient (Wildman–Crippen LogP) is 3.93. The number of H-pyrrole nitrogens is 1. The molecule has 0 radical (unpaired) electrons. The van der Waals surface area contributed by atoms with E-state index in [-0.39, 0.29) is 29.4 Å². The summed E-state index contributed by atoms with van der Waals surface area (Å²) < 4.78 is 0. The van der Waals surface area contributed by atoms with Crippen LogP contribution in [0.5, 0.6) is 0 Å². The molecule has 1 aliphatic heterocycles. The molecule has 1 aliphatic rings. The Hall–Kier alpha value is -2.76. The SMILES string of the molecule is CC(C)(C)CC(NC(=O)c1cc2c(Cl)cc(Cl)cc2[nH]1)C(=O)NC(C#N)CC1CCCNC1=O. The number of carbonyl (C=O) groups excluding carboxylic acids is 3. The highest BCUT2D eigenvalue weighted by molar-refractivity contribution is 6.38. The summed E-state index contributed by atoms with van der Waals surface area (Å²) in [4.78, 5) is 41.2. The molecule has 1 aromatic heterocycles. The summed E-state index contributed by atoms with van der Waals surface area (Å²) in [5.74, 6) is -1.37. The summed E-state index contributed by atoms with van der Waals surface area (Å²) in [5, 5.41) is 19.4. The van der Waals surface area contributed by atoms with E-state index in [1.54, 1.807) is 18.2 Å². The second kappa shape index (κ2) is 10.7. The van der Waals surface area contributed by atoms with Crippen LogP contribution < -0.4 is 16.0 Å². The van der Waals surface area contributed by atoms with Crippen LogP contribution in [0, 0.1) is 22.7 Å². The Morgan fingerprint density at radius 2 is 1.97 bits per heavy atom. The second-order valence-electron chi connectivity index (χ2n) is 9.88. The van der Waals surface area contributed by atoms with Crippen LogP contribution in [0.2, 0.25) is 10.0 Å². The molecule has 0 spiro atoms. The average Bonchev–Trinajstić information content (AvgIpc) is 3.18. The maximum Gasteiger partial charge on any atom is 0.268 e. The lowest BCUT2D eigenvalue weighted by molar-refractivity contribution is -0.128. The highest BCUT2D eigenvalue weighted by Gasteiger charge is 2.31. The number of benzene rings is 1. The topological polar surface area (TPSA) is 127 Å². The summed E-state index contributed by atoms with van der Waals surface area (Å²) in [6, 6.07) is 5.22. The van der Waals surface area contributed by atoms with Crippen LogP contribution >= 0.6 is 23.2 Å². The molecule has 8 nitrogen and oxygen atoms in total. The number of amides is 3. The van der Waals surface area contributed by atoms with Crippen LogP contribution in [0.3, 0.4) is 0 Å². The molecule has 0 saturated carbocycles. The molecule has 2 aromatic rings. The number of nitriles is 1. The minimum atomic E-state index is -0.881.